The van der Waals surface area contributed by atoms with Crippen molar-refractivity contribution in [1.82, 2.24) is 4.57 Å². The third-order valence-electron chi connectivity index (χ3n) is 2.75. The summed E-state index contributed by atoms with van der Waals surface area (Å²) in [5.41, 5.74) is 1.54. The van der Waals surface area contributed by atoms with Crippen LogP contribution in [0.1, 0.15) is 18.6 Å². The van der Waals surface area contributed by atoms with Crippen LogP contribution in [0, 0.1) is 0 Å². The zero-order valence-electron chi connectivity index (χ0n) is 9.32. The lowest BCUT2D eigenvalue weighted by Gasteiger charge is -2.05. The minimum absolute atomic E-state index is 0.00583. The van der Waals surface area contributed by atoms with Gasteiger partial charge in [0.05, 0.1) is 28.3 Å². The van der Waals surface area contributed by atoms with E-state index >= 15 is 0 Å². The number of benzene rings is 1. The van der Waals surface area contributed by atoms with Gasteiger partial charge in [0.25, 0.3) is 0 Å². The summed E-state index contributed by atoms with van der Waals surface area (Å²) in [6.07, 6.45) is 1.21. The fourth-order valence-electron chi connectivity index (χ4n) is 1.97. The molecule has 1 atom stereocenters. The molecule has 0 aliphatic rings. The molecule has 0 radical (unpaired) electrons. The van der Waals surface area contributed by atoms with Crippen molar-refractivity contribution >= 4 is 34.1 Å². The van der Waals surface area contributed by atoms with Gasteiger partial charge in [-0.15, -0.1) is 0 Å². The number of halogens is 2. The fraction of sp³-hybridized carbons (Fsp3) is 0.333. The summed E-state index contributed by atoms with van der Waals surface area (Å²) in [6, 6.07) is 3.54. The van der Waals surface area contributed by atoms with E-state index in [4.69, 9.17) is 28.3 Å². The first-order valence-corrected chi connectivity index (χ1v) is 6.07. The maximum atomic E-state index is 9.71. The highest BCUT2D eigenvalue weighted by Crippen LogP contribution is 2.35. The van der Waals surface area contributed by atoms with Crippen molar-refractivity contribution in [2.24, 2.45) is 0 Å². The van der Waals surface area contributed by atoms with Crippen molar-refractivity contribution in [3.05, 3.63) is 33.9 Å². The monoisotopic (exact) mass is 273 g/mol. The van der Waals surface area contributed by atoms with Gasteiger partial charge < -0.3 is 14.8 Å². The lowest BCUT2D eigenvalue weighted by molar-refractivity contribution is 0.200. The van der Waals surface area contributed by atoms with Crippen molar-refractivity contribution in [2.45, 2.75) is 19.6 Å². The van der Waals surface area contributed by atoms with E-state index in [-0.39, 0.29) is 6.61 Å². The highest BCUT2D eigenvalue weighted by atomic mass is 35.5. The van der Waals surface area contributed by atoms with Crippen molar-refractivity contribution in [1.29, 1.82) is 0 Å². The summed E-state index contributed by atoms with van der Waals surface area (Å²) >= 11 is 12.1. The molecule has 0 spiro atoms. The highest BCUT2D eigenvalue weighted by molar-refractivity contribution is 6.45. The van der Waals surface area contributed by atoms with Gasteiger partial charge in [-0.2, -0.15) is 0 Å². The zero-order chi connectivity index (χ0) is 12.6. The molecule has 1 aromatic heterocycles. The van der Waals surface area contributed by atoms with Gasteiger partial charge in [0.15, 0.2) is 0 Å². The topological polar surface area (TPSA) is 45.4 Å². The van der Waals surface area contributed by atoms with Gasteiger partial charge in [-0.05, 0) is 13.0 Å². The molecule has 2 rings (SSSR count). The molecule has 0 bridgehead atoms. The second-order valence-electron chi connectivity index (χ2n) is 3.93. The predicted octanol–water partition coefficient (Wildman–Crippen LogP) is 2.99. The summed E-state index contributed by atoms with van der Waals surface area (Å²) in [5.74, 6) is 0. The van der Waals surface area contributed by atoms with Gasteiger partial charge in [0, 0.05) is 23.7 Å². The molecule has 1 aromatic carbocycles. The molecular weight excluding hydrogens is 261 g/mol. The van der Waals surface area contributed by atoms with E-state index in [9.17, 15) is 5.11 Å². The van der Waals surface area contributed by atoms with Gasteiger partial charge in [0.1, 0.15) is 0 Å². The molecule has 0 fully saturated rings. The van der Waals surface area contributed by atoms with E-state index in [1.54, 1.807) is 19.2 Å². The van der Waals surface area contributed by atoms with Crippen molar-refractivity contribution in [2.75, 3.05) is 6.61 Å². The average molecular weight is 274 g/mol. The van der Waals surface area contributed by atoms with Crippen LogP contribution < -0.4 is 0 Å². The highest BCUT2D eigenvalue weighted by Gasteiger charge is 2.16. The van der Waals surface area contributed by atoms with Gasteiger partial charge in [0.2, 0.25) is 0 Å². The van der Waals surface area contributed by atoms with Crippen LogP contribution in [0.4, 0.5) is 0 Å². The Morgan fingerprint density at radius 3 is 2.65 bits per heavy atom. The van der Waals surface area contributed by atoms with Gasteiger partial charge in [-0.1, -0.05) is 29.3 Å². The van der Waals surface area contributed by atoms with E-state index in [2.05, 4.69) is 0 Å². The van der Waals surface area contributed by atoms with Crippen LogP contribution in [0.2, 0.25) is 10.0 Å². The molecule has 1 heterocycles. The predicted molar refractivity (Wildman–Crippen MR) is 69.7 cm³/mol. The number of rotatable bonds is 3. The minimum atomic E-state index is -0.588. The molecule has 17 heavy (non-hydrogen) atoms. The maximum absolute atomic E-state index is 9.71. The number of hydrogen-bond acceptors (Lipinski definition) is 2. The van der Waals surface area contributed by atoms with E-state index < -0.39 is 6.10 Å². The lowest BCUT2D eigenvalue weighted by Crippen LogP contribution is -2.00. The molecule has 0 saturated heterocycles. The number of fused-ring (bicyclic) bond motifs is 1. The molecule has 5 heteroatoms. The average Bonchev–Trinajstić information content (AvgIpc) is 2.64. The van der Waals surface area contributed by atoms with Gasteiger partial charge in [-0.25, -0.2) is 0 Å². The molecule has 0 amide bonds. The molecule has 0 saturated carbocycles. The van der Waals surface area contributed by atoms with E-state index in [0.717, 1.165) is 16.5 Å². The van der Waals surface area contributed by atoms with Crippen molar-refractivity contribution in [3.8, 4) is 0 Å². The second-order valence-corrected chi connectivity index (χ2v) is 4.72. The largest absolute Gasteiger partial charge is 0.395 e. The molecule has 2 aromatic rings. The first kappa shape index (κ1) is 12.7. The third-order valence-corrected chi connectivity index (χ3v) is 3.55. The van der Waals surface area contributed by atoms with Crippen LogP contribution in [0.25, 0.3) is 10.9 Å². The Labute approximate surface area is 109 Å². The Hall–Kier alpha value is -0.740. The Kier molecular flexibility index (Phi) is 3.64. The smallest absolute Gasteiger partial charge is 0.0835 e. The van der Waals surface area contributed by atoms with Crippen LogP contribution in [0.5, 0.6) is 0 Å². The van der Waals surface area contributed by atoms with Crippen LogP contribution in [-0.4, -0.2) is 21.4 Å². The maximum Gasteiger partial charge on any atom is 0.0835 e. The Bertz CT molecular complexity index is 549. The second kappa shape index (κ2) is 4.86. The molecule has 1 unspecified atom stereocenters. The summed E-state index contributed by atoms with van der Waals surface area (Å²) in [4.78, 5) is 0. The number of hydrogen-bond donors (Lipinski definition) is 2. The van der Waals surface area contributed by atoms with E-state index in [0.29, 0.717) is 16.6 Å². The molecular formula is C12H13Cl2NO2. The Morgan fingerprint density at radius 1 is 1.35 bits per heavy atom. The molecule has 3 nitrogen and oxygen atoms in total. The fourth-order valence-corrected chi connectivity index (χ4v) is 2.40. The number of aromatic nitrogens is 1. The Morgan fingerprint density at radius 2 is 2.06 bits per heavy atom. The Balaban J connectivity index is 2.76. The van der Waals surface area contributed by atoms with E-state index in [1.807, 2.05) is 10.6 Å². The SMILES string of the molecule is CC(O)c1cn(CCO)c2c(Cl)c(Cl)ccc12. The normalized spacial score (nSPS) is 13.2. The third kappa shape index (κ3) is 2.16. The van der Waals surface area contributed by atoms with Gasteiger partial charge in [-0.3, -0.25) is 0 Å². The summed E-state index contributed by atoms with van der Waals surface area (Å²) in [7, 11) is 0. The van der Waals surface area contributed by atoms with Gasteiger partial charge >= 0.3 is 0 Å². The zero-order valence-corrected chi connectivity index (χ0v) is 10.8. The number of aliphatic hydroxyl groups is 2. The van der Waals surface area contributed by atoms with Crippen LogP contribution in [-0.2, 0) is 6.54 Å². The summed E-state index contributed by atoms with van der Waals surface area (Å²) in [5, 5.41) is 20.5. The number of aliphatic hydroxyl groups excluding tert-OH is 2. The van der Waals surface area contributed by atoms with Crippen LogP contribution in [0.15, 0.2) is 18.3 Å². The standard InChI is InChI=1S/C12H13Cl2NO2/c1-7(17)9-6-15(4-5-16)12-8(9)2-3-10(13)11(12)14/h2-3,6-7,16-17H,4-5H2,1H3. The van der Waals surface area contributed by atoms with E-state index in [1.165, 1.54) is 0 Å². The van der Waals surface area contributed by atoms with Crippen molar-refractivity contribution < 1.29 is 10.2 Å². The van der Waals surface area contributed by atoms with Crippen LogP contribution >= 0.6 is 23.2 Å². The first-order chi connectivity index (χ1) is 8.06. The lowest BCUT2D eigenvalue weighted by atomic mass is 10.1. The minimum Gasteiger partial charge on any atom is -0.395 e. The molecule has 92 valence electrons. The van der Waals surface area contributed by atoms with Crippen molar-refractivity contribution in [3.63, 3.8) is 0 Å². The molecule has 0 aliphatic carbocycles. The first-order valence-electron chi connectivity index (χ1n) is 5.32. The quantitative estimate of drug-likeness (QED) is 0.903. The summed E-state index contributed by atoms with van der Waals surface area (Å²) < 4.78 is 1.81. The number of nitrogens with zero attached hydrogens (tertiary/aromatic N) is 1. The van der Waals surface area contributed by atoms with Crippen LogP contribution in [0.3, 0.4) is 0 Å². The molecule has 2 N–H and O–H groups in total. The molecule has 0 aliphatic heterocycles. The summed E-state index contributed by atoms with van der Waals surface area (Å²) in [6.45, 7) is 2.12.